The van der Waals surface area contributed by atoms with Crippen molar-refractivity contribution in [2.45, 2.75) is 25.7 Å². The number of hydrogen-bond acceptors (Lipinski definition) is 5. The minimum absolute atomic E-state index is 0.519. The first-order valence-corrected chi connectivity index (χ1v) is 6.96. The monoisotopic (exact) mass is 256 g/mol. The summed E-state index contributed by atoms with van der Waals surface area (Å²) < 4.78 is 0. The number of nitrogen functional groups attached to an aromatic ring is 1. The molecule has 0 saturated heterocycles. The molecule has 0 atom stereocenters. The molecule has 3 aromatic heterocycles. The number of nitrogens with zero attached hydrogens (tertiary/aromatic N) is 3. The molecule has 0 saturated carbocycles. The van der Waals surface area contributed by atoms with E-state index >= 15 is 0 Å². The van der Waals surface area contributed by atoms with E-state index in [1.807, 2.05) is 11.3 Å². The highest BCUT2D eigenvalue weighted by atomic mass is 32.1. The number of hydrogen-bond donors (Lipinski definition) is 1. The maximum absolute atomic E-state index is 5.90. The van der Waals surface area contributed by atoms with Gasteiger partial charge in [0.1, 0.15) is 17.0 Å². The molecule has 0 fully saturated rings. The summed E-state index contributed by atoms with van der Waals surface area (Å²) in [6.45, 7) is 0. The van der Waals surface area contributed by atoms with Gasteiger partial charge in [0.25, 0.3) is 0 Å². The summed E-state index contributed by atoms with van der Waals surface area (Å²) in [7, 11) is 0. The van der Waals surface area contributed by atoms with Crippen LogP contribution in [0, 0.1) is 0 Å². The van der Waals surface area contributed by atoms with Crippen molar-refractivity contribution in [1.29, 1.82) is 0 Å². The van der Waals surface area contributed by atoms with E-state index in [4.69, 9.17) is 5.73 Å². The second kappa shape index (κ2) is 3.62. The van der Waals surface area contributed by atoms with Crippen LogP contribution < -0.4 is 5.73 Å². The molecule has 4 rings (SSSR count). The zero-order chi connectivity index (χ0) is 12.1. The van der Waals surface area contributed by atoms with Gasteiger partial charge in [0, 0.05) is 10.3 Å². The van der Waals surface area contributed by atoms with Crippen molar-refractivity contribution in [3.05, 3.63) is 22.8 Å². The first-order valence-electron chi connectivity index (χ1n) is 6.14. The second-order valence-corrected chi connectivity index (χ2v) is 5.77. The number of aryl methyl sites for hydroxylation is 2. The molecular weight excluding hydrogens is 244 g/mol. The highest BCUT2D eigenvalue weighted by Gasteiger charge is 2.17. The lowest BCUT2D eigenvalue weighted by atomic mass is 9.97. The van der Waals surface area contributed by atoms with Gasteiger partial charge in [0.15, 0.2) is 5.65 Å². The molecule has 0 spiro atoms. The van der Waals surface area contributed by atoms with Crippen molar-refractivity contribution >= 4 is 38.4 Å². The minimum Gasteiger partial charge on any atom is -0.383 e. The average molecular weight is 256 g/mol. The molecule has 4 nitrogen and oxygen atoms in total. The molecule has 0 radical (unpaired) electrons. The minimum atomic E-state index is 0.519. The summed E-state index contributed by atoms with van der Waals surface area (Å²) in [5, 5.41) is 2.12. The number of fused-ring (bicyclic) bond motifs is 4. The zero-order valence-electron chi connectivity index (χ0n) is 9.81. The van der Waals surface area contributed by atoms with Crippen LogP contribution in [0.1, 0.15) is 23.3 Å². The van der Waals surface area contributed by atoms with Crippen LogP contribution >= 0.6 is 11.3 Å². The van der Waals surface area contributed by atoms with Crippen LogP contribution in [0.4, 0.5) is 5.82 Å². The summed E-state index contributed by atoms with van der Waals surface area (Å²) in [5.41, 5.74) is 8.08. The third-order valence-corrected chi connectivity index (χ3v) is 4.78. The topological polar surface area (TPSA) is 64.7 Å². The van der Waals surface area contributed by atoms with Crippen LogP contribution in [0.15, 0.2) is 12.4 Å². The van der Waals surface area contributed by atoms with E-state index in [1.165, 1.54) is 41.4 Å². The van der Waals surface area contributed by atoms with Crippen LogP contribution in [0.5, 0.6) is 0 Å². The van der Waals surface area contributed by atoms with E-state index in [1.54, 1.807) is 0 Å². The fourth-order valence-corrected chi connectivity index (χ4v) is 3.91. The molecular formula is C13H12N4S. The molecule has 1 aliphatic carbocycles. The SMILES string of the molecule is Nc1ncnc2nc3sc4c(c3cc12)CCCC4. The Bertz CT molecular complexity index is 762. The Morgan fingerprint density at radius 1 is 1.11 bits per heavy atom. The largest absolute Gasteiger partial charge is 0.383 e. The quantitative estimate of drug-likeness (QED) is 0.671. The van der Waals surface area contributed by atoms with E-state index in [0.717, 1.165) is 16.6 Å². The molecule has 0 aromatic carbocycles. The molecule has 3 aromatic rings. The predicted octanol–water partition coefficient (Wildman–Crippen LogP) is 2.70. The summed E-state index contributed by atoms with van der Waals surface area (Å²) in [6.07, 6.45) is 6.40. The molecule has 0 unspecified atom stereocenters. The summed E-state index contributed by atoms with van der Waals surface area (Å²) in [6, 6.07) is 2.12. The van der Waals surface area contributed by atoms with E-state index in [9.17, 15) is 0 Å². The van der Waals surface area contributed by atoms with E-state index < -0.39 is 0 Å². The smallest absolute Gasteiger partial charge is 0.166 e. The average Bonchev–Trinajstić information content (AvgIpc) is 2.75. The first kappa shape index (κ1) is 10.2. The summed E-state index contributed by atoms with van der Waals surface area (Å²) >= 11 is 1.81. The molecule has 18 heavy (non-hydrogen) atoms. The number of rotatable bonds is 0. The lowest BCUT2D eigenvalue weighted by Gasteiger charge is -2.10. The summed E-state index contributed by atoms with van der Waals surface area (Å²) in [4.78, 5) is 15.5. The van der Waals surface area contributed by atoms with Crippen molar-refractivity contribution < 1.29 is 0 Å². The third kappa shape index (κ3) is 1.34. The van der Waals surface area contributed by atoms with Gasteiger partial charge in [0.2, 0.25) is 0 Å². The maximum Gasteiger partial charge on any atom is 0.166 e. The van der Waals surface area contributed by atoms with Crippen LogP contribution in [0.2, 0.25) is 0 Å². The highest BCUT2D eigenvalue weighted by molar-refractivity contribution is 7.18. The molecule has 0 amide bonds. The molecule has 1 aliphatic rings. The number of anilines is 1. The van der Waals surface area contributed by atoms with Crippen molar-refractivity contribution in [2.75, 3.05) is 5.73 Å². The third-order valence-electron chi connectivity index (χ3n) is 3.58. The van der Waals surface area contributed by atoms with Crippen LogP contribution in [0.3, 0.4) is 0 Å². The van der Waals surface area contributed by atoms with Crippen molar-refractivity contribution in [3.63, 3.8) is 0 Å². The van der Waals surface area contributed by atoms with Crippen molar-refractivity contribution in [3.8, 4) is 0 Å². The fourth-order valence-electron chi connectivity index (χ4n) is 2.68. The zero-order valence-corrected chi connectivity index (χ0v) is 10.6. The lowest BCUT2D eigenvalue weighted by molar-refractivity contribution is 0.700. The van der Waals surface area contributed by atoms with Crippen LogP contribution in [-0.4, -0.2) is 15.0 Å². The molecule has 0 bridgehead atoms. The van der Waals surface area contributed by atoms with Gasteiger partial charge in [-0.15, -0.1) is 11.3 Å². The van der Waals surface area contributed by atoms with Gasteiger partial charge in [-0.1, -0.05) is 0 Å². The molecule has 90 valence electrons. The van der Waals surface area contributed by atoms with Gasteiger partial charge < -0.3 is 5.73 Å². The van der Waals surface area contributed by atoms with Gasteiger partial charge in [-0.3, -0.25) is 0 Å². The van der Waals surface area contributed by atoms with Gasteiger partial charge in [0.05, 0.1) is 5.39 Å². The van der Waals surface area contributed by atoms with E-state index in [0.29, 0.717) is 11.5 Å². The maximum atomic E-state index is 5.90. The first-order chi connectivity index (χ1) is 8.83. The van der Waals surface area contributed by atoms with E-state index in [-0.39, 0.29) is 0 Å². The standard InChI is InChI=1S/C13H12N4S/c14-11-9-5-8-7-3-1-2-4-10(7)18-13(8)17-12(9)16-6-15-11/h5-6H,1-4H2,(H2,14,15,16,17). The normalized spacial score (nSPS) is 15.1. The Morgan fingerprint density at radius 2 is 2.00 bits per heavy atom. The molecule has 3 heterocycles. The fraction of sp³-hybridized carbons (Fsp3) is 0.308. The van der Waals surface area contributed by atoms with E-state index in [2.05, 4.69) is 21.0 Å². The molecule has 5 heteroatoms. The lowest BCUT2D eigenvalue weighted by Crippen LogP contribution is -1.98. The van der Waals surface area contributed by atoms with Gasteiger partial charge in [-0.25, -0.2) is 15.0 Å². The van der Waals surface area contributed by atoms with Gasteiger partial charge >= 0.3 is 0 Å². The van der Waals surface area contributed by atoms with Crippen LogP contribution in [0.25, 0.3) is 21.3 Å². The Balaban J connectivity index is 2.13. The number of pyridine rings is 1. The Hall–Kier alpha value is -1.75. The second-order valence-electron chi connectivity index (χ2n) is 4.68. The Morgan fingerprint density at radius 3 is 2.94 bits per heavy atom. The predicted molar refractivity (Wildman–Crippen MR) is 73.8 cm³/mol. The van der Waals surface area contributed by atoms with Crippen LogP contribution in [-0.2, 0) is 12.8 Å². The number of aromatic nitrogens is 3. The number of thiophene rings is 1. The van der Waals surface area contributed by atoms with Crippen molar-refractivity contribution in [1.82, 2.24) is 15.0 Å². The Labute approximate surface area is 108 Å². The number of nitrogens with two attached hydrogens (primary N) is 1. The van der Waals surface area contributed by atoms with Gasteiger partial charge in [-0.05, 0) is 37.3 Å². The molecule has 2 N–H and O–H groups in total. The Kier molecular flexibility index (Phi) is 2.05. The summed E-state index contributed by atoms with van der Waals surface area (Å²) in [5.74, 6) is 0.519. The van der Waals surface area contributed by atoms with Crippen molar-refractivity contribution in [2.24, 2.45) is 0 Å². The highest BCUT2D eigenvalue weighted by Crippen LogP contribution is 2.37. The molecule has 0 aliphatic heterocycles. The van der Waals surface area contributed by atoms with Gasteiger partial charge in [-0.2, -0.15) is 0 Å².